The van der Waals surface area contributed by atoms with E-state index in [0.29, 0.717) is 27.0 Å². The molecule has 2 aromatic heterocycles. The van der Waals surface area contributed by atoms with Gasteiger partial charge in [-0.1, -0.05) is 89.1 Å². The van der Waals surface area contributed by atoms with Gasteiger partial charge >= 0.3 is 0 Å². The molecule has 1 N–H and O–H groups in total. The lowest BCUT2D eigenvalue weighted by Crippen LogP contribution is -2.12. The molecule has 7 heteroatoms. The predicted molar refractivity (Wildman–Crippen MR) is 141 cm³/mol. The maximum Gasteiger partial charge on any atom is 0.261 e. The van der Waals surface area contributed by atoms with Gasteiger partial charge in [-0.2, -0.15) is 0 Å². The molecule has 35 heavy (non-hydrogen) atoms. The second-order valence-corrected chi connectivity index (χ2v) is 9.75. The molecule has 5 rings (SSSR count). The molecular formula is C28H21ClFN3OS. The Labute approximate surface area is 211 Å². The minimum atomic E-state index is -0.391. The average molecular weight is 502 g/mol. The van der Waals surface area contributed by atoms with E-state index in [2.05, 4.69) is 9.97 Å². The molecule has 5 aromatic rings. The Morgan fingerprint density at radius 2 is 1.54 bits per heavy atom. The summed E-state index contributed by atoms with van der Waals surface area (Å²) in [4.78, 5) is 25.6. The molecule has 0 aliphatic rings. The third kappa shape index (κ3) is 4.99. The van der Waals surface area contributed by atoms with E-state index in [1.54, 1.807) is 6.07 Å². The van der Waals surface area contributed by atoms with Crippen LogP contribution in [0.1, 0.15) is 16.7 Å². The fourth-order valence-corrected chi connectivity index (χ4v) is 4.98. The van der Waals surface area contributed by atoms with Crippen LogP contribution in [0.2, 0.25) is 5.02 Å². The lowest BCUT2D eigenvalue weighted by atomic mass is 9.99. The van der Waals surface area contributed by atoms with Crippen molar-refractivity contribution in [2.24, 2.45) is 0 Å². The van der Waals surface area contributed by atoms with Crippen molar-refractivity contribution in [2.75, 3.05) is 0 Å². The summed E-state index contributed by atoms with van der Waals surface area (Å²) in [6.07, 6.45) is 0. The number of nitrogens with zero attached hydrogens (tertiary/aromatic N) is 2. The van der Waals surface area contributed by atoms with Crippen molar-refractivity contribution in [2.45, 2.75) is 24.8 Å². The summed E-state index contributed by atoms with van der Waals surface area (Å²) in [5.41, 5.74) is 6.53. The number of halogens is 2. The van der Waals surface area contributed by atoms with Crippen LogP contribution in [0.5, 0.6) is 0 Å². The highest BCUT2D eigenvalue weighted by atomic mass is 35.5. The first-order valence-electron chi connectivity index (χ1n) is 11.0. The van der Waals surface area contributed by atoms with Crippen LogP contribution in [0.4, 0.5) is 4.39 Å². The number of H-pyrrole nitrogens is 1. The highest BCUT2D eigenvalue weighted by Gasteiger charge is 2.16. The van der Waals surface area contributed by atoms with Gasteiger partial charge in [0.05, 0.1) is 11.1 Å². The lowest BCUT2D eigenvalue weighted by molar-refractivity contribution is 0.627. The molecular weight excluding hydrogens is 481 g/mol. The van der Waals surface area contributed by atoms with Crippen molar-refractivity contribution in [3.8, 4) is 22.4 Å². The summed E-state index contributed by atoms with van der Waals surface area (Å²) in [6, 6.07) is 22.4. The van der Waals surface area contributed by atoms with Crippen LogP contribution in [0.25, 0.3) is 33.4 Å². The Balaban J connectivity index is 1.63. The zero-order valence-corrected chi connectivity index (χ0v) is 20.7. The van der Waals surface area contributed by atoms with Gasteiger partial charge in [0.25, 0.3) is 5.56 Å². The third-order valence-electron chi connectivity index (χ3n) is 5.74. The van der Waals surface area contributed by atoms with Crippen LogP contribution < -0.4 is 5.56 Å². The first kappa shape index (κ1) is 23.3. The lowest BCUT2D eigenvalue weighted by Gasteiger charge is -2.11. The average Bonchev–Trinajstić information content (AvgIpc) is 2.84. The van der Waals surface area contributed by atoms with Crippen LogP contribution in [0.3, 0.4) is 0 Å². The number of fused-ring (bicyclic) bond motifs is 1. The summed E-state index contributed by atoms with van der Waals surface area (Å²) < 4.78 is 13.4. The van der Waals surface area contributed by atoms with E-state index in [1.807, 2.05) is 68.4 Å². The van der Waals surface area contributed by atoms with Crippen LogP contribution >= 0.6 is 23.4 Å². The van der Waals surface area contributed by atoms with Crippen LogP contribution in [-0.2, 0) is 5.75 Å². The van der Waals surface area contributed by atoms with Crippen molar-refractivity contribution in [1.29, 1.82) is 0 Å². The van der Waals surface area contributed by atoms with Crippen molar-refractivity contribution < 1.29 is 4.39 Å². The zero-order chi connectivity index (χ0) is 24.5. The summed E-state index contributed by atoms with van der Waals surface area (Å²) in [5.74, 6) is 0.0354. The summed E-state index contributed by atoms with van der Waals surface area (Å²) in [6.45, 7) is 4.06. The molecule has 0 fully saturated rings. The topological polar surface area (TPSA) is 58.6 Å². The zero-order valence-electron chi connectivity index (χ0n) is 19.1. The maximum atomic E-state index is 13.4. The maximum absolute atomic E-state index is 13.4. The van der Waals surface area contributed by atoms with E-state index >= 15 is 0 Å². The van der Waals surface area contributed by atoms with Gasteiger partial charge in [-0.3, -0.25) is 4.79 Å². The quantitative estimate of drug-likeness (QED) is 0.202. The number of aryl methyl sites for hydroxylation is 2. The number of pyridine rings is 1. The molecule has 0 saturated carbocycles. The van der Waals surface area contributed by atoms with E-state index in [1.165, 1.54) is 23.9 Å². The molecule has 0 unspecified atom stereocenters. The molecule has 0 atom stereocenters. The fraction of sp³-hybridized carbons (Fsp3) is 0.107. The number of rotatable bonds is 5. The van der Waals surface area contributed by atoms with E-state index < -0.39 is 5.82 Å². The van der Waals surface area contributed by atoms with Crippen molar-refractivity contribution in [1.82, 2.24) is 15.0 Å². The molecule has 4 nitrogen and oxygen atoms in total. The predicted octanol–water partition coefficient (Wildman–Crippen LogP) is 7.35. The molecule has 0 amide bonds. The number of aromatic nitrogens is 3. The van der Waals surface area contributed by atoms with Crippen molar-refractivity contribution in [3.63, 3.8) is 0 Å². The largest absolute Gasteiger partial charge is 0.301 e. The monoisotopic (exact) mass is 501 g/mol. The van der Waals surface area contributed by atoms with Crippen LogP contribution in [0, 0.1) is 19.7 Å². The second-order valence-electron chi connectivity index (χ2n) is 8.38. The SMILES string of the molecule is Cc1ccc(-c2cc(-c3ccc(C)cc3)c3c(=O)[nH]c(SCc4ccc(F)cc4Cl)nc3n2)cc1. The van der Waals surface area contributed by atoms with E-state index in [-0.39, 0.29) is 5.56 Å². The molecule has 0 spiro atoms. The number of hydrogen-bond acceptors (Lipinski definition) is 4. The molecule has 0 aliphatic carbocycles. The summed E-state index contributed by atoms with van der Waals surface area (Å²) in [7, 11) is 0. The van der Waals surface area contributed by atoms with Crippen LogP contribution in [-0.4, -0.2) is 15.0 Å². The van der Waals surface area contributed by atoms with Gasteiger partial charge in [-0.15, -0.1) is 0 Å². The molecule has 174 valence electrons. The normalized spacial score (nSPS) is 11.2. The first-order valence-corrected chi connectivity index (χ1v) is 12.4. The number of nitrogens with one attached hydrogen (secondary N) is 1. The summed E-state index contributed by atoms with van der Waals surface area (Å²) >= 11 is 7.48. The third-order valence-corrected chi connectivity index (χ3v) is 7.02. The molecule has 2 heterocycles. The number of aromatic amines is 1. The standard InChI is InChI=1S/C28H21ClFN3OS/c1-16-3-7-18(8-4-16)22-14-24(19-9-5-17(2)6-10-19)31-26-25(22)27(34)33-28(32-26)35-15-20-11-12-21(30)13-23(20)29/h3-14H,15H2,1-2H3,(H,31,32,33,34). The van der Waals surface area contributed by atoms with E-state index in [9.17, 15) is 9.18 Å². The van der Waals surface area contributed by atoms with Gasteiger partial charge in [0, 0.05) is 21.9 Å². The molecule has 0 bridgehead atoms. The Bertz CT molecular complexity index is 1600. The van der Waals surface area contributed by atoms with Crippen molar-refractivity contribution >= 4 is 34.4 Å². The second kappa shape index (κ2) is 9.64. The Hall–Kier alpha value is -3.48. The minimum Gasteiger partial charge on any atom is -0.301 e. The van der Waals surface area contributed by atoms with E-state index in [0.717, 1.165) is 39.1 Å². The number of benzene rings is 3. The van der Waals surface area contributed by atoms with Crippen LogP contribution in [0.15, 0.2) is 82.7 Å². The van der Waals surface area contributed by atoms with E-state index in [4.69, 9.17) is 16.6 Å². The van der Waals surface area contributed by atoms with Gasteiger partial charge in [0.15, 0.2) is 10.8 Å². The Morgan fingerprint density at radius 3 is 2.20 bits per heavy atom. The fourth-order valence-electron chi connectivity index (χ4n) is 3.81. The van der Waals surface area contributed by atoms with Gasteiger partial charge in [0.1, 0.15) is 5.82 Å². The smallest absolute Gasteiger partial charge is 0.261 e. The number of thioether (sulfide) groups is 1. The highest BCUT2D eigenvalue weighted by Crippen LogP contribution is 2.31. The van der Waals surface area contributed by atoms with Gasteiger partial charge in [0.2, 0.25) is 0 Å². The highest BCUT2D eigenvalue weighted by molar-refractivity contribution is 7.98. The van der Waals surface area contributed by atoms with Gasteiger partial charge < -0.3 is 4.98 Å². The van der Waals surface area contributed by atoms with Gasteiger partial charge in [-0.05, 0) is 43.2 Å². The van der Waals surface area contributed by atoms with Crippen molar-refractivity contribution in [3.05, 3.63) is 111 Å². The molecule has 0 radical (unpaired) electrons. The molecule has 3 aromatic carbocycles. The molecule has 0 aliphatic heterocycles. The molecule has 0 saturated heterocycles. The summed E-state index contributed by atoms with van der Waals surface area (Å²) in [5, 5.41) is 1.20. The first-order chi connectivity index (χ1) is 16.9. The minimum absolute atomic E-state index is 0.263. The Kier molecular flexibility index (Phi) is 6.41. The number of hydrogen-bond donors (Lipinski definition) is 1. The Morgan fingerprint density at radius 1 is 0.886 bits per heavy atom. The van der Waals surface area contributed by atoms with Gasteiger partial charge in [-0.25, -0.2) is 14.4 Å².